The van der Waals surface area contributed by atoms with Gasteiger partial charge in [-0.2, -0.15) is 5.10 Å². The number of rotatable bonds is 5. The summed E-state index contributed by atoms with van der Waals surface area (Å²) in [6, 6.07) is 5.15. The van der Waals surface area contributed by atoms with Crippen LogP contribution < -0.4 is 4.74 Å². The van der Waals surface area contributed by atoms with E-state index in [1.165, 1.54) is 7.11 Å². The number of benzene rings is 1. The second-order valence-electron chi connectivity index (χ2n) is 4.82. The summed E-state index contributed by atoms with van der Waals surface area (Å²) in [6.45, 7) is 4.07. The van der Waals surface area contributed by atoms with E-state index in [1.54, 1.807) is 18.2 Å². The molecule has 21 heavy (non-hydrogen) atoms. The standard InChI is InChI=1S/C16H20N2O3/c1-5-13-15(14(6-2)18(3)17-13)11-8-7-10(21-4)9-12(11)16(19)20/h7-9H,5-6H2,1-4H3,(H,19,20). The minimum atomic E-state index is -0.961. The first-order valence-corrected chi connectivity index (χ1v) is 6.99. The Labute approximate surface area is 124 Å². The molecule has 0 aliphatic carbocycles. The van der Waals surface area contributed by atoms with Crippen molar-refractivity contribution in [2.75, 3.05) is 7.11 Å². The van der Waals surface area contributed by atoms with Crippen LogP contribution >= 0.6 is 0 Å². The van der Waals surface area contributed by atoms with E-state index in [-0.39, 0.29) is 5.56 Å². The Kier molecular flexibility index (Phi) is 4.31. The highest BCUT2D eigenvalue weighted by molar-refractivity contribution is 5.97. The van der Waals surface area contributed by atoms with Crippen LogP contribution in [0.25, 0.3) is 11.1 Å². The molecule has 0 fully saturated rings. The van der Waals surface area contributed by atoms with Crippen LogP contribution in [-0.4, -0.2) is 28.0 Å². The second kappa shape index (κ2) is 5.99. The number of aryl methyl sites for hydroxylation is 2. The molecule has 5 nitrogen and oxygen atoms in total. The largest absolute Gasteiger partial charge is 0.497 e. The van der Waals surface area contributed by atoms with E-state index in [2.05, 4.69) is 5.10 Å². The van der Waals surface area contributed by atoms with Gasteiger partial charge in [-0.3, -0.25) is 4.68 Å². The fraction of sp³-hybridized carbons (Fsp3) is 0.375. The number of carboxylic acid groups (broad SMARTS) is 1. The van der Waals surface area contributed by atoms with E-state index in [0.717, 1.165) is 29.8 Å². The number of carboxylic acids is 1. The number of hydrogen-bond donors (Lipinski definition) is 1. The Bertz CT molecular complexity index is 674. The minimum Gasteiger partial charge on any atom is -0.497 e. The molecule has 2 aromatic rings. The molecule has 0 atom stereocenters. The zero-order valence-corrected chi connectivity index (χ0v) is 12.8. The van der Waals surface area contributed by atoms with Gasteiger partial charge in [-0.15, -0.1) is 0 Å². The summed E-state index contributed by atoms with van der Waals surface area (Å²) in [7, 11) is 3.42. The van der Waals surface area contributed by atoms with Gasteiger partial charge in [0, 0.05) is 23.9 Å². The molecule has 5 heteroatoms. The molecule has 0 unspecified atom stereocenters. The quantitative estimate of drug-likeness (QED) is 0.918. The van der Waals surface area contributed by atoms with Gasteiger partial charge in [0.15, 0.2) is 0 Å². The molecular formula is C16H20N2O3. The molecule has 0 aliphatic rings. The third-order valence-electron chi connectivity index (χ3n) is 3.63. The lowest BCUT2D eigenvalue weighted by atomic mass is 9.95. The summed E-state index contributed by atoms with van der Waals surface area (Å²) in [5, 5.41) is 14.0. The lowest BCUT2D eigenvalue weighted by Gasteiger charge is -2.10. The molecule has 0 bridgehead atoms. The van der Waals surface area contributed by atoms with Crippen LogP contribution in [0.15, 0.2) is 18.2 Å². The Morgan fingerprint density at radius 3 is 2.57 bits per heavy atom. The Morgan fingerprint density at radius 2 is 2.05 bits per heavy atom. The molecule has 0 amide bonds. The monoisotopic (exact) mass is 288 g/mol. The first kappa shape index (κ1) is 15.1. The molecule has 0 spiro atoms. The van der Waals surface area contributed by atoms with Crippen molar-refractivity contribution in [3.63, 3.8) is 0 Å². The highest BCUT2D eigenvalue weighted by Crippen LogP contribution is 2.33. The van der Waals surface area contributed by atoms with E-state index >= 15 is 0 Å². The predicted octanol–water partition coefficient (Wildman–Crippen LogP) is 2.92. The number of carbonyl (C=O) groups is 1. The molecule has 0 saturated heterocycles. The Morgan fingerprint density at radius 1 is 1.33 bits per heavy atom. The smallest absolute Gasteiger partial charge is 0.336 e. The number of ether oxygens (including phenoxy) is 1. The number of aromatic carboxylic acids is 1. The molecule has 1 aromatic heterocycles. The van der Waals surface area contributed by atoms with E-state index in [1.807, 2.05) is 25.6 Å². The summed E-state index contributed by atoms with van der Waals surface area (Å²) < 4.78 is 6.97. The maximum Gasteiger partial charge on any atom is 0.336 e. The summed E-state index contributed by atoms with van der Waals surface area (Å²) >= 11 is 0. The van der Waals surface area contributed by atoms with Crippen LogP contribution in [0.5, 0.6) is 5.75 Å². The average Bonchev–Trinajstić information content (AvgIpc) is 2.82. The van der Waals surface area contributed by atoms with Crippen molar-refractivity contribution < 1.29 is 14.6 Å². The van der Waals surface area contributed by atoms with Gasteiger partial charge in [0.2, 0.25) is 0 Å². The molecule has 1 heterocycles. The number of aromatic nitrogens is 2. The van der Waals surface area contributed by atoms with Crippen molar-refractivity contribution in [3.05, 3.63) is 35.2 Å². The summed E-state index contributed by atoms with van der Waals surface area (Å²) in [6.07, 6.45) is 1.55. The lowest BCUT2D eigenvalue weighted by Crippen LogP contribution is -2.03. The Hall–Kier alpha value is -2.30. The van der Waals surface area contributed by atoms with Gasteiger partial charge in [-0.05, 0) is 31.0 Å². The van der Waals surface area contributed by atoms with Crippen LogP contribution in [0.1, 0.15) is 35.6 Å². The molecule has 0 aliphatic heterocycles. The highest BCUT2D eigenvalue weighted by atomic mass is 16.5. The van der Waals surface area contributed by atoms with E-state index < -0.39 is 5.97 Å². The molecule has 1 aromatic carbocycles. The van der Waals surface area contributed by atoms with Crippen LogP contribution in [0.3, 0.4) is 0 Å². The van der Waals surface area contributed by atoms with Crippen molar-refractivity contribution in [1.29, 1.82) is 0 Å². The van der Waals surface area contributed by atoms with Crippen molar-refractivity contribution in [2.45, 2.75) is 26.7 Å². The van der Waals surface area contributed by atoms with E-state index in [9.17, 15) is 9.90 Å². The van der Waals surface area contributed by atoms with Crippen molar-refractivity contribution in [1.82, 2.24) is 9.78 Å². The summed E-state index contributed by atoms with van der Waals surface area (Å²) in [5.74, 6) is -0.423. The van der Waals surface area contributed by atoms with Crippen LogP contribution in [0.4, 0.5) is 0 Å². The van der Waals surface area contributed by atoms with Gasteiger partial charge in [0.05, 0.1) is 18.4 Å². The normalized spacial score (nSPS) is 10.7. The Balaban J connectivity index is 2.74. The lowest BCUT2D eigenvalue weighted by molar-refractivity contribution is 0.0697. The third-order valence-corrected chi connectivity index (χ3v) is 3.63. The van der Waals surface area contributed by atoms with E-state index in [0.29, 0.717) is 11.3 Å². The first-order valence-electron chi connectivity index (χ1n) is 6.99. The topological polar surface area (TPSA) is 64.4 Å². The zero-order chi connectivity index (χ0) is 15.6. The van der Waals surface area contributed by atoms with Gasteiger partial charge in [0.25, 0.3) is 0 Å². The van der Waals surface area contributed by atoms with E-state index in [4.69, 9.17) is 4.74 Å². The van der Waals surface area contributed by atoms with Gasteiger partial charge in [0.1, 0.15) is 5.75 Å². The zero-order valence-electron chi connectivity index (χ0n) is 12.8. The minimum absolute atomic E-state index is 0.242. The molecule has 2 rings (SSSR count). The maximum atomic E-state index is 11.6. The first-order chi connectivity index (χ1) is 10.0. The van der Waals surface area contributed by atoms with Gasteiger partial charge in [-0.1, -0.05) is 13.8 Å². The fourth-order valence-electron chi connectivity index (χ4n) is 2.63. The van der Waals surface area contributed by atoms with Crippen molar-refractivity contribution in [2.24, 2.45) is 7.05 Å². The SMILES string of the molecule is CCc1nn(C)c(CC)c1-c1ccc(OC)cc1C(=O)O. The maximum absolute atomic E-state index is 11.6. The number of methoxy groups -OCH3 is 1. The summed E-state index contributed by atoms with van der Waals surface area (Å²) in [4.78, 5) is 11.6. The predicted molar refractivity (Wildman–Crippen MR) is 80.9 cm³/mol. The third kappa shape index (κ3) is 2.63. The molecule has 0 radical (unpaired) electrons. The van der Waals surface area contributed by atoms with Crippen LogP contribution in [0.2, 0.25) is 0 Å². The summed E-state index contributed by atoms with van der Waals surface area (Å²) in [5.41, 5.74) is 3.83. The highest BCUT2D eigenvalue weighted by Gasteiger charge is 2.21. The van der Waals surface area contributed by atoms with Gasteiger partial charge >= 0.3 is 5.97 Å². The van der Waals surface area contributed by atoms with Crippen molar-refractivity contribution in [3.8, 4) is 16.9 Å². The molecule has 112 valence electrons. The van der Waals surface area contributed by atoms with Gasteiger partial charge in [-0.25, -0.2) is 4.79 Å². The number of hydrogen-bond acceptors (Lipinski definition) is 3. The van der Waals surface area contributed by atoms with Crippen molar-refractivity contribution >= 4 is 5.97 Å². The fourth-order valence-corrected chi connectivity index (χ4v) is 2.63. The second-order valence-corrected chi connectivity index (χ2v) is 4.82. The van der Waals surface area contributed by atoms with Crippen LogP contribution in [0, 0.1) is 0 Å². The molecule has 1 N–H and O–H groups in total. The average molecular weight is 288 g/mol. The molecular weight excluding hydrogens is 268 g/mol. The number of nitrogens with zero attached hydrogens (tertiary/aromatic N) is 2. The van der Waals surface area contributed by atoms with Gasteiger partial charge < -0.3 is 9.84 Å². The molecule has 0 saturated carbocycles. The van der Waals surface area contributed by atoms with Crippen LogP contribution in [-0.2, 0) is 19.9 Å².